The number of piperidine rings is 1. The zero-order valence-electron chi connectivity index (χ0n) is 21.2. The Balaban J connectivity index is 1.72. The van der Waals surface area contributed by atoms with Crippen molar-refractivity contribution in [2.75, 3.05) is 33.8 Å². The number of halogens is 1. The fraction of sp³-hybridized carbons (Fsp3) is 0.444. The molecule has 0 saturated carbocycles. The van der Waals surface area contributed by atoms with Gasteiger partial charge < -0.3 is 20.1 Å². The van der Waals surface area contributed by atoms with E-state index < -0.39 is 29.3 Å². The minimum absolute atomic E-state index is 0.211. The van der Waals surface area contributed by atoms with Gasteiger partial charge in [-0.25, -0.2) is 9.37 Å². The number of pyridine rings is 1. The van der Waals surface area contributed by atoms with Crippen molar-refractivity contribution < 1.29 is 19.4 Å². The van der Waals surface area contributed by atoms with Crippen LogP contribution in [0.25, 0.3) is 22.2 Å². The Morgan fingerprint density at radius 1 is 1.36 bits per heavy atom. The van der Waals surface area contributed by atoms with Crippen molar-refractivity contribution in [1.29, 1.82) is 5.26 Å². The first-order valence-electron chi connectivity index (χ1n) is 12.0. The number of aromatic nitrogens is 2. The predicted octanol–water partition coefficient (Wildman–Crippen LogP) is 2.77. The smallest absolute Gasteiger partial charge is 0.242 e. The molecule has 1 aliphatic heterocycles. The van der Waals surface area contributed by atoms with Crippen LogP contribution in [-0.4, -0.2) is 75.7 Å². The molecule has 1 fully saturated rings. The van der Waals surface area contributed by atoms with Gasteiger partial charge in [0.15, 0.2) is 0 Å². The molecule has 1 aliphatic rings. The number of nitriles is 1. The predicted molar refractivity (Wildman–Crippen MR) is 134 cm³/mol. The van der Waals surface area contributed by atoms with Crippen LogP contribution in [0.4, 0.5) is 4.39 Å². The number of carbonyl (C=O) groups excluding carboxylic acids is 1. The summed E-state index contributed by atoms with van der Waals surface area (Å²) in [6.07, 6.45) is 3.19. The fourth-order valence-corrected chi connectivity index (χ4v) is 5.64. The molecule has 36 heavy (non-hydrogen) atoms. The highest BCUT2D eigenvalue weighted by Gasteiger charge is 2.49. The van der Waals surface area contributed by atoms with Gasteiger partial charge in [0.05, 0.1) is 12.2 Å². The third kappa shape index (κ3) is 4.05. The van der Waals surface area contributed by atoms with Gasteiger partial charge in [0.1, 0.15) is 29.2 Å². The number of likely N-dealkylation sites (tertiary alicyclic amines) is 1. The highest BCUT2D eigenvalue weighted by atomic mass is 19.1. The van der Waals surface area contributed by atoms with Crippen molar-refractivity contribution in [1.82, 2.24) is 19.8 Å². The van der Waals surface area contributed by atoms with Gasteiger partial charge in [0.2, 0.25) is 5.91 Å². The van der Waals surface area contributed by atoms with Crippen molar-refractivity contribution in [3.05, 3.63) is 53.1 Å². The number of benzene rings is 1. The lowest BCUT2D eigenvalue weighted by Gasteiger charge is -2.49. The molecule has 1 amide bonds. The zero-order chi connectivity index (χ0) is 26.4. The second kappa shape index (κ2) is 9.62. The van der Waals surface area contributed by atoms with Crippen molar-refractivity contribution in [2.24, 2.45) is 11.8 Å². The molecule has 0 spiro atoms. The molecule has 4 rings (SSSR count). The quantitative estimate of drug-likeness (QED) is 0.503. The third-order valence-electron chi connectivity index (χ3n) is 7.58. The summed E-state index contributed by atoms with van der Waals surface area (Å²) in [6, 6.07) is 6.44. The summed E-state index contributed by atoms with van der Waals surface area (Å²) in [5.74, 6) is -1.65. The van der Waals surface area contributed by atoms with E-state index in [4.69, 9.17) is 0 Å². The number of hydrogen-bond acceptors (Lipinski definition) is 6. The van der Waals surface area contributed by atoms with Gasteiger partial charge in [-0.1, -0.05) is 19.9 Å². The highest BCUT2D eigenvalue weighted by Crippen LogP contribution is 2.45. The van der Waals surface area contributed by atoms with Crippen LogP contribution in [0, 0.1) is 35.9 Å². The standard InChI is InChI=1S/C27H32FN5O3/c1-15-8-18(20-6-7-30-25-23(20)19(10-29)11-31-25)9-21(28)24(15)27(36)16(2)12-33(13-17(27)3)26(35)22(14-34)32(4)5/h6-9,11,16-17,22,34,36H,12-14H2,1-5H3,(H,30,31)/t16-,17+,22-,27-/m0/s1. The van der Waals surface area contributed by atoms with E-state index in [1.807, 2.05) is 19.9 Å². The Bertz CT molecular complexity index is 1310. The van der Waals surface area contributed by atoms with Crippen LogP contribution in [0.1, 0.15) is 30.5 Å². The molecule has 3 aromatic rings. The van der Waals surface area contributed by atoms with E-state index >= 15 is 4.39 Å². The lowest BCUT2D eigenvalue weighted by Crippen LogP contribution is -2.59. The summed E-state index contributed by atoms with van der Waals surface area (Å²) in [7, 11) is 3.46. The number of aliphatic hydroxyl groups excluding tert-OH is 1. The van der Waals surface area contributed by atoms with Crippen LogP contribution in [0.15, 0.2) is 30.6 Å². The van der Waals surface area contributed by atoms with E-state index in [9.17, 15) is 20.3 Å². The summed E-state index contributed by atoms with van der Waals surface area (Å²) in [5, 5.41) is 31.7. The number of fused-ring (bicyclic) bond motifs is 1. The van der Waals surface area contributed by atoms with Gasteiger partial charge in [-0.05, 0) is 49.8 Å². The maximum absolute atomic E-state index is 15.9. The van der Waals surface area contributed by atoms with Crippen LogP contribution in [0.3, 0.4) is 0 Å². The number of aromatic amines is 1. The van der Waals surface area contributed by atoms with E-state index in [0.29, 0.717) is 33.3 Å². The average Bonchev–Trinajstić information content (AvgIpc) is 3.25. The zero-order valence-corrected chi connectivity index (χ0v) is 21.2. The highest BCUT2D eigenvalue weighted by molar-refractivity contribution is 5.97. The molecule has 190 valence electrons. The average molecular weight is 494 g/mol. The Morgan fingerprint density at radius 2 is 2.03 bits per heavy atom. The number of nitrogens with one attached hydrogen (secondary N) is 1. The number of rotatable bonds is 5. The lowest BCUT2D eigenvalue weighted by molar-refractivity contribution is -0.154. The first-order valence-corrected chi connectivity index (χ1v) is 12.0. The molecule has 1 aromatic carbocycles. The third-order valence-corrected chi connectivity index (χ3v) is 7.58. The van der Waals surface area contributed by atoms with Crippen LogP contribution in [-0.2, 0) is 10.4 Å². The van der Waals surface area contributed by atoms with Crippen molar-refractivity contribution in [3.63, 3.8) is 0 Å². The molecule has 3 N–H and O–H groups in total. The summed E-state index contributed by atoms with van der Waals surface area (Å²) in [5.41, 5.74) is 1.56. The van der Waals surface area contributed by atoms with E-state index in [1.54, 1.807) is 49.3 Å². The molecule has 2 aromatic heterocycles. The molecular formula is C27H32FN5O3. The monoisotopic (exact) mass is 493 g/mol. The van der Waals surface area contributed by atoms with Crippen LogP contribution >= 0.6 is 0 Å². The molecule has 0 aliphatic carbocycles. The largest absolute Gasteiger partial charge is 0.394 e. The first-order chi connectivity index (χ1) is 17.0. The summed E-state index contributed by atoms with van der Waals surface area (Å²) >= 11 is 0. The Kier molecular flexibility index (Phi) is 6.88. The molecule has 0 unspecified atom stereocenters. The number of carbonyl (C=O) groups is 1. The van der Waals surface area contributed by atoms with Gasteiger partial charge in [-0.3, -0.25) is 9.69 Å². The summed E-state index contributed by atoms with van der Waals surface area (Å²) < 4.78 is 15.9. The fourth-order valence-electron chi connectivity index (χ4n) is 5.64. The first kappa shape index (κ1) is 25.8. The summed E-state index contributed by atoms with van der Waals surface area (Å²) in [6.45, 7) is 5.58. The minimum atomic E-state index is -1.49. The van der Waals surface area contributed by atoms with Crippen LogP contribution in [0.5, 0.6) is 0 Å². The van der Waals surface area contributed by atoms with Crippen molar-refractivity contribution in [3.8, 4) is 17.2 Å². The van der Waals surface area contributed by atoms with Crippen LogP contribution < -0.4 is 0 Å². The Morgan fingerprint density at radius 3 is 2.58 bits per heavy atom. The van der Waals surface area contributed by atoms with Crippen molar-refractivity contribution in [2.45, 2.75) is 32.4 Å². The molecule has 0 radical (unpaired) electrons. The molecule has 1 saturated heterocycles. The molecule has 0 bridgehead atoms. The lowest BCUT2D eigenvalue weighted by atomic mass is 9.69. The van der Waals surface area contributed by atoms with E-state index in [-0.39, 0.29) is 31.2 Å². The number of hydrogen-bond donors (Lipinski definition) is 3. The topological polar surface area (TPSA) is 116 Å². The summed E-state index contributed by atoms with van der Waals surface area (Å²) in [4.78, 5) is 23.6. The number of nitrogens with zero attached hydrogens (tertiary/aromatic N) is 4. The molecule has 4 atom stereocenters. The number of likely N-dealkylation sites (N-methyl/N-ethyl adjacent to an activating group) is 1. The van der Waals surface area contributed by atoms with Gasteiger partial charge in [0, 0.05) is 48.3 Å². The number of H-pyrrole nitrogens is 1. The Hall–Kier alpha value is -3.32. The molecule has 3 heterocycles. The van der Waals surface area contributed by atoms with E-state index in [1.165, 1.54) is 6.07 Å². The second-order valence-corrected chi connectivity index (χ2v) is 10.1. The van der Waals surface area contributed by atoms with Gasteiger partial charge in [-0.2, -0.15) is 5.26 Å². The van der Waals surface area contributed by atoms with Crippen molar-refractivity contribution >= 4 is 16.9 Å². The Labute approximate surface area is 210 Å². The number of aliphatic hydroxyl groups is 2. The molecule has 8 nitrogen and oxygen atoms in total. The maximum atomic E-state index is 15.9. The molecule has 9 heteroatoms. The van der Waals surface area contributed by atoms with Gasteiger partial charge in [-0.15, -0.1) is 0 Å². The minimum Gasteiger partial charge on any atom is -0.394 e. The number of aryl methyl sites for hydroxylation is 1. The number of amides is 1. The SMILES string of the molecule is Cc1cc(-c2ccnc3[nH]cc(C#N)c23)cc(F)c1[C@@]1(O)[C@H](C)CN(C(=O)[C@H](CO)N(C)C)C[C@@H]1C. The van der Waals surface area contributed by atoms with E-state index in [2.05, 4.69) is 16.0 Å². The van der Waals surface area contributed by atoms with Crippen LogP contribution in [0.2, 0.25) is 0 Å². The maximum Gasteiger partial charge on any atom is 0.242 e. The normalized spacial score (nSPS) is 23.2. The second-order valence-electron chi connectivity index (χ2n) is 10.1. The van der Waals surface area contributed by atoms with Gasteiger partial charge >= 0.3 is 0 Å². The van der Waals surface area contributed by atoms with E-state index in [0.717, 1.165) is 0 Å². The molecular weight excluding hydrogens is 461 g/mol. The van der Waals surface area contributed by atoms with Gasteiger partial charge in [0.25, 0.3) is 0 Å².